The van der Waals surface area contributed by atoms with Gasteiger partial charge in [0.2, 0.25) is 0 Å². The minimum atomic E-state index is 0. The van der Waals surface area contributed by atoms with E-state index < -0.39 is 0 Å². The summed E-state index contributed by atoms with van der Waals surface area (Å²) in [4.78, 5) is 2.36. The molecule has 0 radical (unpaired) electrons. The standard InChI is InChI=1S/C12H20N2S.ClH/c1-14(2)12(11-3-4-11)8-13-7-10-5-6-15-9-10;/h5-6,9,11-13H,3-4,7-8H2,1-2H3;1H. The van der Waals surface area contributed by atoms with Gasteiger partial charge in [-0.15, -0.1) is 12.4 Å². The normalized spacial score (nSPS) is 17.2. The van der Waals surface area contributed by atoms with Crippen LogP contribution in [0.25, 0.3) is 0 Å². The average molecular weight is 261 g/mol. The van der Waals surface area contributed by atoms with E-state index >= 15 is 0 Å². The maximum Gasteiger partial charge on any atom is 0.0242 e. The van der Waals surface area contributed by atoms with Gasteiger partial charge in [-0.3, -0.25) is 0 Å². The van der Waals surface area contributed by atoms with Crippen molar-refractivity contribution in [1.82, 2.24) is 10.2 Å². The summed E-state index contributed by atoms with van der Waals surface area (Å²) in [5.41, 5.74) is 1.41. The monoisotopic (exact) mass is 260 g/mol. The second kappa shape index (κ2) is 6.60. The van der Waals surface area contributed by atoms with Crippen molar-refractivity contribution in [3.63, 3.8) is 0 Å². The van der Waals surface area contributed by atoms with Gasteiger partial charge in [-0.1, -0.05) is 0 Å². The minimum Gasteiger partial charge on any atom is -0.311 e. The van der Waals surface area contributed by atoms with Crippen molar-refractivity contribution in [1.29, 1.82) is 0 Å². The lowest BCUT2D eigenvalue weighted by Gasteiger charge is -2.24. The van der Waals surface area contributed by atoms with E-state index in [1.165, 1.54) is 18.4 Å². The third-order valence-electron chi connectivity index (χ3n) is 3.09. The van der Waals surface area contributed by atoms with Crippen molar-refractivity contribution in [2.24, 2.45) is 5.92 Å². The average Bonchev–Trinajstić information content (AvgIpc) is 2.89. The van der Waals surface area contributed by atoms with Crippen molar-refractivity contribution in [3.8, 4) is 0 Å². The summed E-state index contributed by atoms with van der Waals surface area (Å²) in [6, 6.07) is 2.92. The Balaban J connectivity index is 0.00000128. The molecule has 16 heavy (non-hydrogen) atoms. The van der Waals surface area contributed by atoms with E-state index in [0.29, 0.717) is 0 Å². The molecule has 2 nitrogen and oxygen atoms in total. The van der Waals surface area contributed by atoms with Gasteiger partial charge in [-0.25, -0.2) is 0 Å². The first kappa shape index (κ1) is 14.0. The third-order valence-corrected chi connectivity index (χ3v) is 3.82. The van der Waals surface area contributed by atoms with Crippen LogP contribution in [0.1, 0.15) is 18.4 Å². The lowest BCUT2D eigenvalue weighted by Crippen LogP contribution is -2.39. The van der Waals surface area contributed by atoms with Gasteiger partial charge in [0, 0.05) is 19.1 Å². The number of hydrogen-bond donors (Lipinski definition) is 1. The number of thiophene rings is 1. The zero-order chi connectivity index (χ0) is 10.7. The number of rotatable bonds is 6. The Hall–Kier alpha value is -0.0900. The molecule has 1 saturated carbocycles. The number of halogens is 1. The minimum absolute atomic E-state index is 0. The molecule has 1 aromatic heterocycles. The van der Waals surface area contributed by atoms with Crippen molar-refractivity contribution < 1.29 is 0 Å². The molecule has 0 aromatic carbocycles. The van der Waals surface area contributed by atoms with E-state index in [0.717, 1.165) is 25.0 Å². The molecule has 0 amide bonds. The fourth-order valence-corrected chi connectivity index (χ4v) is 2.68. The molecule has 1 unspecified atom stereocenters. The van der Waals surface area contributed by atoms with Crippen LogP contribution in [0, 0.1) is 5.92 Å². The van der Waals surface area contributed by atoms with Gasteiger partial charge in [0.1, 0.15) is 0 Å². The van der Waals surface area contributed by atoms with Crippen LogP contribution in [0.5, 0.6) is 0 Å². The van der Waals surface area contributed by atoms with Crippen molar-refractivity contribution in [2.45, 2.75) is 25.4 Å². The molecule has 4 heteroatoms. The first-order valence-corrected chi connectivity index (χ1v) is 6.60. The first-order chi connectivity index (χ1) is 7.27. The fourth-order valence-electron chi connectivity index (χ4n) is 2.01. The molecule has 0 saturated heterocycles. The van der Waals surface area contributed by atoms with E-state index in [1.807, 2.05) is 0 Å². The number of nitrogens with one attached hydrogen (secondary N) is 1. The fraction of sp³-hybridized carbons (Fsp3) is 0.667. The SMILES string of the molecule is CN(C)C(CNCc1ccsc1)C1CC1.Cl. The summed E-state index contributed by atoms with van der Waals surface area (Å²) < 4.78 is 0. The Kier molecular flexibility index (Phi) is 5.76. The third kappa shape index (κ3) is 4.06. The van der Waals surface area contributed by atoms with Gasteiger partial charge < -0.3 is 10.2 Å². The van der Waals surface area contributed by atoms with Crippen LogP contribution in [-0.2, 0) is 6.54 Å². The summed E-state index contributed by atoms with van der Waals surface area (Å²) in [5, 5.41) is 7.91. The highest BCUT2D eigenvalue weighted by Crippen LogP contribution is 2.34. The molecule has 0 bridgehead atoms. The Bertz CT molecular complexity index is 281. The molecule has 1 aliphatic carbocycles. The predicted octanol–water partition coefficient (Wildman–Crippen LogP) is 2.60. The highest BCUT2D eigenvalue weighted by Gasteiger charge is 2.31. The van der Waals surface area contributed by atoms with Crippen LogP contribution in [-0.4, -0.2) is 31.6 Å². The Morgan fingerprint density at radius 2 is 2.25 bits per heavy atom. The van der Waals surface area contributed by atoms with Crippen LogP contribution in [0.2, 0.25) is 0 Å². The second-order valence-corrected chi connectivity index (χ2v) is 5.41. The molecular weight excluding hydrogens is 240 g/mol. The molecule has 1 heterocycles. The molecule has 0 spiro atoms. The molecule has 0 aliphatic heterocycles. The van der Waals surface area contributed by atoms with Gasteiger partial charge in [-0.05, 0) is 55.2 Å². The molecular formula is C12H21ClN2S. The number of likely N-dealkylation sites (N-methyl/N-ethyl adjacent to an activating group) is 1. The Morgan fingerprint density at radius 3 is 2.75 bits per heavy atom. The molecule has 1 atom stereocenters. The van der Waals surface area contributed by atoms with Gasteiger partial charge in [0.25, 0.3) is 0 Å². The Labute approximate surface area is 108 Å². The van der Waals surface area contributed by atoms with E-state index in [2.05, 4.69) is 41.1 Å². The van der Waals surface area contributed by atoms with Crippen molar-refractivity contribution in [2.75, 3.05) is 20.6 Å². The largest absolute Gasteiger partial charge is 0.311 e. The van der Waals surface area contributed by atoms with Crippen molar-refractivity contribution in [3.05, 3.63) is 22.4 Å². The van der Waals surface area contributed by atoms with Gasteiger partial charge in [-0.2, -0.15) is 11.3 Å². The van der Waals surface area contributed by atoms with Gasteiger partial charge in [0.15, 0.2) is 0 Å². The van der Waals surface area contributed by atoms with E-state index in [1.54, 1.807) is 11.3 Å². The Morgan fingerprint density at radius 1 is 1.50 bits per heavy atom. The van der Waals surface area contributed by atoms with Crippen LogP contribution in [0.3, 0.4) is 0 Å². The van der Waals surface area contributed by atoms with Crippen LogP contribution < -0.4 is 5.32 Å². The molecule has 1 N–H and O–H groups in total. The lowest BCUT2D eigenvalue weighted by molar-refractivity contribution is 0.255. The van der Waals surface area contributed by atoms with E-state index in [-0.39, 0.29) is 12.4 Å². The summed E-state index contributed by atoms with van der Waals surface area (Å²) in [5.74, 6) is 0.940. The summed E-state index contributed by atoms with van der Waals surface area (Å²) in [6.45, 7) is 2.13. The first-order valence-electron chi connectivity index (χ1n) is 5.65. The van der Waals surface area contributed by atoms with Crippen molar-refractivity contribution >= 4 is 23.7 Å². The van der Waals surface area contributed by atoms with Gasteiger partial charge >= 0.3 is 0 Å². The predicted molar refractivity (Wildman–Crippen MR) is 73.5 cm³/mol. The molecule has 2 rings (SSSR count). The summed E-state index contributed by atoms with van der Waals surface area (Å²) >= 11 is 1.77. The smallest absolute Gasteiger partial charge is 0.0242 e. The van der Waals surface area contributed by atoms with Crippen LogP contribution >= 0.6 is 23.7 Å². The maximum atomic E-state index is 3.56. The lowest BCUT2D eigenvalue weighted by atomic mass is 10.1. The highest BCUT2D eigenvalue weighted by molar-refractivity contribution is 7.07. The van der Waals surface area contributed by atoms with E-state index in [9.17, 15) is 0 Å². The summed E-state index contributed by atoms with van der Waals surface area (Å²) in [7, 11) is 4.38. The second-order valence-electron chi connectivity index (χ2n) is 4.63. The molecule has 1 fully saturated rings. The quantitative estimate of drug-likeness (QED) is 0.846. The highest BCUT2D eigenvalue weighted by atomic mass is 35.5. The number of hydrogen-bond acceptors (Lipinski definition) is 3. The topological polar surface area (TPSA) is 15.3 Å². The molecule has 92 valence electrons. The van der Waals surface area contributed by atoms with Crippen LogP contribution in [0.4, 0.5) is 0 Å². The van der Waals surface area contributed by atoms with Gasteiger partial charge in [0.05, 0.1) is 0 Å². The zero-order valence-corrected chi connectivity index (χ0v) is 11.6. The number of nitrogens with zero attached hydrogens (tertiary/aromatic N) is 1. The summed E-state index contributed by atoms with van der Waals surface area (Å²) in [6.07, 6.45) is 2.84. The molecule has 1 aliphatic rings. The molecule has 1 aromatic rings. The zero-order valence-electron chi connectivity index (χ0n) is 9.98. The van der Waals surface area contributed by atoms with Crippen LogP contribution in [0.15, 0.2) is 16.8 Å². The maximum absolute atomic E-state index is 3.56. The van der Waals surface area contributed by atoms with E-state index in [4.69, 9.17) is 0 Å².